The summed E-state index contributed by atoms with van der Waals surface area (Å²) in [6, 6.07) is 7.41. The molecule has 1 atom stereocenters. The minimum Gasteiger partial charge on any atom is -0.493 e. The summed E-state index contributed by atoms with van der Waals surface area (Å²) in [5.74, 6) is 2.15. The first-order valence-corrected chi connectivity index (χ1v) is 7.87. The van der Waals surface area contributed by atoms with Crippen molar-refractivity contribution in [1.29, 1.82) is 0 Å². The van der Waals surface area contributed by atoms with Crippen LogP contribution in [0.4, 0.5) is 5.82 Å². The van der Waals surface area contributed by atoms with E-state index < -0.39 is 0 Å². The molecule has 7 nitrogen and oxygen atoms in total. The average molecular weight is 330 g/mol. The van der Waals surface area contributed by atoms with Crippen molar-refractivity contribution in [3.05, 3.63) is 36.0 Å². The number of amides is 1. The van der Waals surface area contributed by atoms with Crippen LogP contribution in [0.25, 0.3) is 0 Å². The van der Waals surface area contributed by atoms with Crippen LogP contribution in [0.1, 0.15) is 12.0 Å². The predicted octanol–water partition coefficient (Wildman–Crippen LogP) is 1.33. The van der Waals surface area contributed by atoms with E-state index in [-0.39, 0.29) is 11.9 Å². The van der Waals surface area contributed by atoms with Crippen molar-refractivity contribution in [3.63, 3.8) is 0 Å². The van der Waals surface area contributed by atoms with Gasteiger partial charge in [0.05, 0.1) is 20.3 Å². The molecule has 0 spiro atoms. The molecule has 2 aromatic rings. The Kier molecular flexibility index (Phi) is 4.71. The number of nitrogens with one attached hydrogen (secondary N) is 1. The Morgan fingerprint density at radius 1 is 1.25 bits per heavy atom. The van der Waals surface area contributed by atoms with Crippen molar-refractivity contribution >= 4 is 11.7 Å². The van der Waals surface area contributed by atoms with Crippen LogP contribution in [0.15, 0.2) is 30.5 Å². The SMILES string of the molecule is COc1ccc(CNC2CCN(c3ccn(C)n3)C2=O)cc1OC. The van der Waals surface area contributed by atoms with Crippen LogP contribution in [-0.4, -0.2) is 42.5 Å². The van der Waals surface area contributed by atoms with Gasteiger partial charge in [-0.15, -0.1) is 0 Å². The van der Waals surface area contributed by atoms with Crippen LogP contribution in [0.2, 0.25) is 0 Å². The van der Waals surface area contributed by atoms with Gasteiger partial charge in [-0.05, 0) is 24.1 Å². The zero-order valence-electron chi connectivity index (χ0n) is 14.2. The number of nitrogens with zero attached hydrogens (tertiary/aromatic N) is 3. The van der Waals surface area contributed by atoms with Crippen LogP contribution in [-0.2, 0) is 18.4 Å². The third-order valence-electron chi connectivity index (χ3n) is 4.18. The van der Waals surface area contributed by atoms with Crippen LogP contribution >= 0.6 is 0 Å². The molecule has 0 radical (unpaired) electrons. The zero-order valence-corrected chi connectivity index (χ0v) is 14.2. The second-order valence-electron chi connectivity index (χ2n) is 5.75. The van der Waals surface area contributed by atoms with E-state index in [4.69, 9.17) is 9.47 Å². The van der Waals surface area contributed by atoms with E-state index in [0.29, 0.717) is 30.4 Å². The Labute approximate surface area is 141 Å². The molecule has 1 aliphatic rings. The van der Waals surface area contributed by atoms with E-state index in [2.05, 4.69) is 10.4 Å². The quantitative estimate of drug-likeness (QED) is 0.865. The van der Waals surface area contributed by atoms with Crippen molar-refractivity contribution in [2.45, 2.75) is 19.0 Å². The van der Waals surface area contributed by atoms with Crippen LogP contribution in [0.3, 0.4) is 0 Å². The lowest BCUT2D eigenvalue weighted by Gasteiger charge is -2.15. The Morgan fingerprint density at radius 2 is 2.04 bits per heavy atom. The van der Waals surface area contributed by atoms with E-state index in [1.165, 1.54) is 0 Å². The summed E-state index contributed by atoms with van der Waals surface area (Å²) >= 11 is 0. The maximum atomic E-state index is 12.5. The number of benzene rings is 1. The first-order valence-electron chi connectivity index (χ1n) is 7.87. The van der Waals surface area contributed by atoms with E-state index >= 15 is 0 Å². The molecule has 1 aromatic heterocycles. The van der Waals surface area contributed by atoms with Gasteiger partial charge in [-0.3, -0.25) is 14.4 Å². The van der Waals surface area contributed by atoms with Gasteiger partial charge in [0.2, 0.25) is 5.91 Å². The Hall–Kier alpha value is -2.54. The average Bonchev–Trinajstić information content (AvgIpc) is 3.18. The molecule has 0 bridgehead atoms. The van der Waals surface area contributed by atoms with Crippen molar-refractivity contribution in [2.75, 3.05) is 25.7 Å². The molecule has 2 heterocycles. The molecule has 7 heteroatoms. The lowest BCUT2D eigenvalue weighted by molar-refractivity contribution is -0.118. The van der Waals surface area contributed by atoms with Gasteiger partial charge in [0.25, 0.3) is 0 Å². The standard InChI is InChI=1S/C17H22N4O3/c1-20-8-7-16(19-20)21-9-6-13(17(21)22)18-11-12-4-5-14(23-2)15(10-12)24-3/h4-5,7-8,10,13,18H,6,9,11H2,1-3H3. The number of carbonyl (C=O) groups is 1. The molecule has 1 aliphatic heterocycles. The minimum absolute atomic E-state index is 0.0641. The lowest BCUT2D eigenvalue weighted by Crippen LogP contribution is -2.38. The maximum absolute atomic E-state index is 12.5. The van der Waals surface area contributed by atoms with Crippen molar-refractivity contribution in [2.24, 2.45) is 7.05 Å². The maximum Gasteiger partial charge on any atom is 0.245 e. The predicted molar refractivity (Wildman–Crippen MR) is 90.4 cm³/mol. The van der Waals surface area contributed by atoms with Gasteiger partial charge < -0.3 is 14.8 Å². The molecule has 0 aliphatic carbocycles. The van der Waals surface area contributed by atoms with Crippen molar-refractivity contribution in [3.8, 4) is 11.5 Å². The van der Waals surface area contributed by atoms with Crippen molar-refractivity contribution < 1.29 is 14.3 Å². The second-order valence-corrected chi connectivity index (χ2v) is 5.75. The molecule has 1 saturated heterocycles. The number of rotatable bonds is 6. The number of aromatic nitrogens is 2. The first-order chi connectivity index (χ1) is 11.6. The summed E-state index contributed by atoms with van der Waals surface area (Å²) in [7, 11) is 5.07. The van der Waals surface area contributed by atoms with E-state index in [1.807, 2.05) is 37.5 Å². The lowest BCUT2D eigenvalue weighted by atomic mass is 10.1. The highest BCUT2D eigenvalue weighted by Gasteiger charge is 2.33. The zero-order chi connectivity index (χ0) is 17.1. The fourth-order valence-corrected chi connectivity index (χ4v) is 2.88. The van der Waals surface area contributed by atoms with Gasteiger partial charge in [0, 0.05) is 32.4 Å². The third-order valence-corrected chi connectivity index (χ3v) is 4.18. The van der Waals surface area contributed by atoms with Gasteiger partial charge in [0.1, 0.15) is 0 Å². The molecule has 128 valence electrons. The topological polar surface area (TPSA) is 68.6 Å². The minimum atomic E-state index is -0.194. The molecule has 1 aromatic carbocycles. The second kappa shape index (κ2) is 6.92. The normalized spacial score (nSPS) is 17.4. The summed E-state index contributed by atoms with van der Waals surface area (Å²) in [6.07, 6.45) is 2.61. The molecule has 1 unspecified atom stereocenters. The number of aryl methyl sites for hydroxylation is 1. The van der Waals surface area contributed by atoms with Crippen LogP contribution < -0.4 is 19.7 Å². The van der Waals surface area contributed by atoms with E-state index in [9.17, 15) is 4.79 Å². The van der Waals surface area contributed by atoms with Gasteiger partial charge in [-0.2, -0.15) is 5.10 Å². The fraction of sp³-hybridized carbons (Fsp3) is 0.412. The molecular formula is C17H22N4O3. The highest BCUT2D eigenvalue weighted by molar-refractivity contribution is 5.98. The smallest absolute Gasteiger partial charge is 0.245 e. The number of anilines is 1. The van der Waals surface area contributed by atoms with E-state index in [1.54, 1.807) is 23.8 Å². The molecule has 24 heavy (non-hydrogen) atoms. The molecule has 3 rings (SSSR count). The third kappa shape index (κ3) is 3.21. The van der Waals surface area contributed by atoms with Gasteiger partial charge >= 0.3 is 0 Å². The van der Waals surface area contributed by atoms with Gasteiger partial charge in [-0.1, -0.05) is 6.07 Å². The first kappa shape index (κ1) is 16.3. The summed E-state index contributed by atoms with van der Waals surface area (Å²) in [5.41, 5.74) is 1.04. The highest BCUT2D eigenvalue weighted by atomic mass is 16.5. The fourth-order valence-electron chi connectivity index (χ4n) is 2.88. The summed E-state index contributed by atoms with van der Waals surface area (Å²) < 4.78 is 12.2. The highest BCUT2D eigenvalue weighted by Crippen LogP contribution is 2.27. The molecule has 0 saturated carbocycles. The van der Waals surface area contributed by atoms with Crippen molar-refractivity contribution in [1.82, 2.24) is 15.1 Å². The number of carbonyl (C=O) groups excluding carboxylic acids is 1. The summed E-state index contributed by atoms with van der Waals surface area (Å²) in [5, 5.41) is 7.62. The van der Waals surface area contributed by atoms with Crippen LogP contribution in [0.5, 0.6) is 11.5 Å². The number of methoxy groups -OCH3 is 2. The van der Waals surface area contributed by atoms with Gasteiger partial charge in [-0.25, -0.2) is 0 Å². The number of hydrogen-bond acceptors (Lipinski definition) is 5. The Bertz CT molecular complexity index is 728. The largest absolute Gasteiger partial charge is 0.493 e. The molecule has 1 amide bonds. The number of hydrogen-bond donors (Lipinski definition) is 1. The monoisotopic (exact) mass is 330 g/mol. The molecule has 1 fully saturated rings. The molecule has 1 N–H and O–H groups in total. The summed E-state index contributed by atoms with van der Waals surface area (Å²) in [4.78, 5) is 14.3. The van der Waals surface area contributed by atoms with E-state index in [0.717, 1.165) is 12.0 Å². The Morgan fingerprint density at radius 3 is 2.71 bits per heavy atom. The van der Waals surface area contributed by atoms with Crippen LogP contribution in [0, 0.1) is 0 Å². The number of ether oxygens (including phenoxy) is 2. The Balaban J connectivity index is 1.62. The summed E-state index contributed by atoms with van der Waals surface area (Å²) in [6.45, 7) is 1.27. The van der Waals surface area contributed by atoms with Gasteiger partial charge in [0.15, 0.2) is 17.3 Å². The molecular weight excluding hydrogens is 308 g/mol.